The molecule has 4 N–H and O–H groups in total. The molecule has 0 aromatic heterocycles. The van der Waals surface area contributed by atoms with Crippen LogP contribution >= 0.6 is 22.6 Å². The highest BCUT2D eigenvalue weighted by Crippen LogP contribution is 2.07. The van der Waals surface area contributed by atoms with Crippen molar-refractivity contribution < 1.29 is 0 Å². The van der Waals surface area contributed by atoms with Gasteiger partial charge in [-0.25, -0.2) is 4.99 Å². The average molecular weight is 273 g/mol. The van der Waals surface area contributed by atoms with E-state index in [0.717, 1.165) is 5.56 Å². The van der Waals surface area contributed by atoms with Crippen LogP contribution in [0.1, 0.15) is 5.56 Å². The Labute approximate surface area is 85.0 Å². The Kier molecular flexibility index (Phi) is 3.33. The summed E-state index contributed by atoms with van der Waals surface area (Å²) in [6, 6.07) is 8.07. The molecule has 0 heterocycles. The lowest BCUT2D eigenvalue weighted by atomic mass is 10.2. The Morgan fingerprint density at radius 1 is 1.25 bits per heavy atom. The maximum absolute atomic E-state index is 5.20. The van der Waals surface area contributed by atoms with Crippen molar-refractivity contribution in [2.24, 2.45) is 16.5 Å². The van der Waals surface area contributed by atoms with Crippen LogP contribution in [0.15, 0.2) is 29.3 Å². The van der Waals surface area contributed by atoms with Gasteiger partial charge < -0.3 is 11.5 Å². The standard InChI is InChI=1S/C8H10IN3/c9-7-3-1-6(2-4-7)5-12-8(10)11/h1-4H,5H2,(H4,10,11,12)/i9-2. The van der Waals surface area contributed by atoms with Crippen LogP contribution in [-0.2, 0) is 6.54 Å². The lowest BCUT2D eigenvalue weighted by Crippen LogP contribution is -2.22. The van der Waals surface area contributed by atoms with Crippen LogP contribution in [0.5, 0.6) is 0 Å². The van der Waals surface area contributed by atoms with Crippen LogP contribution in [-0.4, -0.2) is 5.96 Å². The fraction of sp³-hybridized carbons (Fsp3) is 0.125. The van der Waals surface area contributed by atoms with Gasteiger partial charge in [0.15, 0.2) is 5.96 Å². The van der Waals surface area contributed by atoms with Crippen molar-refractivity contribution >= 4 is 28.6 Å². The van der Waals surface area contributed by atoms with Crippen molar-refractivity contribution in [3.8, 4) is 0 Å². The lowest BCUT2D eigenvalue weighted by Gasteiger charge is -1.96. The van der Waals surface area contributed by atoms with Gasteiger partial charge in [-0.3, -0.25) is 0 Å². The highest BCUT2D eigenvalue weighted by molar-refractivity contribution is 14.1. The minimum absolute atomic E-state index is 0.133. The van der Waals surface area contributed by atoms with E-state index in [1.807, 2.05) is 24.3 Å². The predicted octanol–water partition coefficient (Wildman–Crippen LogP) is 1.06. The molecule has 12 heavy (non-hydrogen) atoms. The number of hydrogen-bond donors (Lipinski definition) is 2. The second-order valence-corrected chi connectivity index (χ2v) is 3.61. The first-order valence-corrected chi connectivity index (χ1v) is 4.56. The Hall–Kier alpha value is -0.780. The summed E-state index contributed by atoms with van der Waals surface area (Å²) in [4.78, 5) is 3.89. The van der Waals surface area contributed by atoms with Gasteiger partial charge in [0.1, 0.15) is 0 Å². The molecule has 0 unspecified atom stereocenters. The molecule has 0 saturated carbocycles. The van der Waals surface area contributed by atoms with E-state index in [1.54, 1.807) is 0 Å². The molecular weight excluding hydrogens is 263 g/mol. The zero-order valence-corrected chi connectivity index (χ0v) is 8.65. The van der Waals surface area contributed by atoms with Crippen molar-refractivity contribution in [3.05, 3.63) is 33.4 Å². The maximum atomic E-state index is 5.20. The monoisotopic (exact) mass is 273 g/mol. The number of benzene rings is 1. The fourth-order valence-corrected chi connectivity index (χ4v) is 1.13. The number of aliphatic imine (C=N–C) groups is 1. The fourth-order valence-electron chi connectivity index (χ4n) is 0.772. The van der Waals surface area contributed by atoms with Crippen LogP contribution in [0.4, 0.5) is 0 Å². The van der Waals surface area contributed by atoms with Crippen molar-refractivity contribution in [2.45, 2.75) is 6.54 Å². The number of halogens is 1. The van der Waals surface area contributed by atoms with Crippen molar-refractivity contribution in [2.75, 3.05) is 0 Å². The number of guanidine groups is 1. The molecule has 3 nitrogen and oxygen atoms in total. The minimum Gasteiger partial charge on any atom is -0.370 e. The van der Waals surface area contributed by atoms with Gasteiger partial charge >= 0.3 is 0 Å². The van der Waals surface area contributed by atoms with Gasteiger partial charge in [-0.1, -0.05) is 12.1 Å². The summed E-state index contributed by atoms with van der Waals surface area (Å²) in [5.41, 5.74) is 11.5. The summed E-state index contributed by atoms with van der Waals surface area (Å²) in [5.74, 6) is 0.133. The molecule has 1 aromatic rings. The van der Waals surface area contributed by atoms with E-state index in [0.29, 0.717) is 6.54 Å². The summed E-state index contributed by atoms with van der Waals surface area (Å²) in [5, 5.41) is 0. The van der Waals surface area contributed by atoms with Crippen LogP contribution < -0.4 is 11.5 Å². The van der Waals surface area contributed by atoms with E-state index in [9.17, 15) is 0 Å². The Balaban J connectivity index is 2.65. The molecule has 0 bridgehead atoms. The molecule has 0 aliphatic rings. The van der Waals surface area contributed by atoms with E-state index >= 15 is 0 Å². The number of hydrogen-bond acceptors (Lipinski definition) is 1. The number of nitrogens with two attached hydrogens (primary N) is 2. The third-order valence-corrected chi connectivity index (χ3v) is 2.08. The van der Waals surface area contributed by atoms with Gasteiger partial charge in [0.25, 0.3) is 0 Å². The van der Waals surface area contributed by atoms with E-state index < -0.39 is 0 Å². The molecule has 64 valence electrons. The molecule has 0 saturated heterocycles. The predicted molar refractivity (Wildman–Crippen MR) is 58.7 cm³/mol. The highest BCUT2D eigenvalue weighted by Gasteiger charge is 1.90. The zero-order chi connectivity index (χ0) is 8.97. The highest BCUT2D eigenvalue weighted by atomic mass is 125. The van der Waals surface area contributed by atoms with Gasteiger partial charge in [0.2, 0.25) is 0 Å². The van der Waals surface area contributed by atoms with Gasteiger partial charge in [0, 0.05) is 3.57 Å². The van der Waals surface area contributed by atoms with Gasteiger partial charge in [-0.2, -0.15) is 0 Å². The van der Waals surface area contributed by atoms with Gasteiger partial charge in [-0.05, 0) is 40.3 Å². The van der Waals surface area contributed by atoms with Gasteiger partial charge in [-0.15, -0.1) is 0 Å². The topological polar surface area (TPSA) is 64.4 Å². The minimum atomic E-state index is 0.133. The second-order valence-electron chi connectivity index (χ2n) is 2.37. The molecule has 0 aliphatic carbocycles. The molecular formula is C8H10IN3. The smallest absolute Gasteiger partial charge is 0.186 e. The van der Waals surface area contributed by atoms with E-state index in [4.69, 9.17) is 11.5 Å². The average Bonchev–Trinajstić information content (AvgIpc) is 2.03. The quantitative estimate of drug-likeness (QED) is 0.481. The summed E-state index contributed by atoms with van der Waals surface area (Å²) >= 11 is 2.25. The van der Waals surface area contributed by atoms with E-state index in [2.05, 4.69) is 27.6 Å². The lowest BCUT2D eigenvalue weighted by molar-refractivity contribution is 1.05. The van der Waals surface area contributed by atoms with Gasteiger partial charge in [0.05, 0.1) is 6.54 Å². The Morgan fingerprint density at radius 2 is 1.83 bits per heavy atom. The molecule has 4 heteroatoms. The maximum Gasteiger partial charge on any atom is 0.186 e. The largest absolute Gasteiger partial charge is 0.370 e. The van der Waals surface area contributed by atoms with Crippen LogP contribution in [0.25, 0.3) is 0 Å². The number of rotatable bonds is 2. The van der Waals surface area contributed by atoms with E-state index in [1.165, 1.54) is 3.57 Å². The van der Waals surface area contributed by atoms with Crippen molar-refractivity contribution in [3.63, 3.8) is 0 Å². The SMILES string of the molecule is NC(N)=NCc1ccc([125I])cc1. The molecule has 0 aliphatic heterocycles. The molecule has 0 radical (unpaired) electrons. The first-order chi connectivity index (χ1) is 5.68. The second kappa shape index (κ2) is 4.30. The molecule has 0 amide bonds. The molecule has 1 aromatic carbocycles. The third-order valence-electron chi connectivity index (χ3n) is 1.36. The summed E-state index contributed by atoms with van der Waals surface area (Å²) in [6.45, 7) is 0.555. The normalized spacial score (nSPS) is 9.42. The Morgan fingerprint density at radius 3 is 2.33 bits per heavy atom. The first kappa shape index (κ1) is 9.31. The molecule has 0 atom stereocenters. The molecule has 0 fully saturated rings. The van der Waals surface area contributed by atoms with E-state index in [-0.39, 0.29) is 5.96 Å². The summed E-state index contributed by atoms with van der Waals surface area (Å²) in [7, 11) is 0. The van der Waals surface area contributed by atoms with Crippen LogP contribution in [0.2, 0.25) is 0 Å². The van der Waals surface area contributed by atoms with Crippen molar-refractivity contribution in [1.29, 1.82) is 0 Å². The summed E-state index contributed by atoms with van der Waals surface area (Å²) < 4.78 is 1.21. The first-order valence-electron chi connectivity index (χ1n) is 3.48. The van der Waals surface area contributed by atoms with Crippen LogP contribution in [0.3, 0.4) is 0 Å². The molecule has 1 rings (SSSR count). The van der Waals surface area contributed by atoms with Crippen molar-refractivity contribution in [1.82, 2.24) is 0 Å². The Bertz CT molecular complexity index is 275. The number of nitrogens with zero attached hydrogens (tertiary/aromatic N) is 1. The zero-order valence-electron chi connectivity index (χ0n) is 6.50. The van der Waals surface area contributed by atoms with Crippen LogP contribution in [0, 0.1) is 3.57 Å². The third kappa shape index (κ3) is 3.08. The molecule has 0 spiro atoms. The summed E-state index contributed by atoms with van der Waals surface area (Å²) in [6.07, 6.45) is 0.